The van der Waals surface area contributed by atoms with Crippen LogP contribution in [0.3, 0.4) is 0 Å². The molecule has 2 aromatic carbocycles. The quantitative estimate of drug-likeness (QED) is 0.688. The van der Waals surface area contributed by atoms with Crippen LogP contribution in [0, 0.1) is 5.92 Å². The minimum absolute atomic E-state index is 0. The van der Waals surface area contributed by atoms with Crippen LogP contribution in [0.25, 0.3) is 0 Å². The molecule has 0 saturated heterocycles. The van der Waals surface area contributed by atoms with E-state index in [1.54, 1.807) is 38.4 Å². The molecule has 2 atom stereocenters. The number of carbonyl (C=O) groups is 1. The summed E-state index contributed by atoms with van der Waals surface area (Å²) >= 11 is 0. The first-order valence-corrected chi connectivity index (χ1v) is 8.86. The Morgan fingerprint density at radius 2 is 1.68 bits per heavy atom. The fraction of sp³-hybridized carbons (Fsp3) is 0.381. The lowest BCUT2D eigenvalue weighted by molar-refractivity contribution is -0.122. The number of hydrogen-bond donors (Lipinski definition) is 1. The standard InChI is InChI=1S/C21H28N2O4.ClH/c1-15(20(22)16-8-6-5-7-9-16)21(24)23(12-13-25-2)17-10-11-18(26-3)19(14-17)27-4;/h5-11,14-15,20H,12-13,22H2,1-4H3;1H. The third-order valence-corrected chi connectivity index (χ3v) is 4.58. The number of nitrogens with two attached hydrogens (primary N) is 1. The second-order valence-corrected chi connectivity index (χ2v) is 6.25. The number of rotatable bonds is 9. The zero-order valence-corrected chi connectivity index (χ0v) is 17.6. The van der Waals surface area contributed by atoms with Gasteiger partial charge in [-0.1, -0.05) is 37.3 Å². The molecule has 0 aliphatic carbocycles. The highest BCUT2D eigenvalue weighted by atomic mass is 35.5. The molecule has 28 heavy (non-hydrogen) atoms. The predicted molar refractivity (Wildman–Crippen MR) is 114 cm³/mol. The van der Waals surface area contributed by atoms with Gasteiger partial charge < -0.3 is 24.8 Å². The zero-order valence-electron chi connectivity index (χ0n) is 16.8. The van der Waals surface area contributed by atoms with E-state index in [4.69, 9.17) is 19.9 Å². The number of nitrogens with zero attached hydrogens (tertiary/aromatic N) is 1. The highest BCUT2D eigenvalue weighted by Gasteiger charge is 2.28. The molecule has 154 valence electrons. The monoisotopic (exact) mass is 408 g/mol. The van der Waals surface area contributed by atoms with Gasteiger partial charge in [0, 0.05) is 31.5 Å². The van der Waals surface area contributed by atoms with Crippen LogP contribution in [0.2, 0.25) is 0 Å². The molecule has 0 spiro atoms. The molecule has 2 unspecified atom stereocenters. The van der Waals surface area contributed by atoms with Crippen LogP contribution in [0.5, 0.6) is 11.5 Å². The van der Waals surface area contributed by atoms with Crippen molar-refractivity contribution < 1.29 is 19.0 Å². The summed E-state index contributed by atoms with van der Waals surface area (Å²) in [5, 5.41) is 0. The molecule has 1 amide bonds. The van der Waals surface area contributed by atoms with Gasteiger partial charge in [-0.3, -0.25) is 4.79 Å². The second-order valence-electron chi connectivity index (χ2n) is 6.25. The van der Waals surface area contributed by atoms with Crippen LogP contribution in [0.1, 0.15) is 18.5 Å². The third-order valence-electron chi connectivity index (χ3n) is 4.58. The molecule has 0 heterocycles. The summed E-state index contributed by atoms with van der Waals surface area (Å²) in [4.78, 5) is 14.9. The van der Waals surface area contributed by atoms with E-state index in [0.717, 1.165) is 5.56 Å². The number of methoxy groups -OCH3 is 3. The number of carbonyl (C=O) groups excluding carboxylic acids is 1. The molecular weight excluding hydrogens is 380 g/mol. The van der Waals surface area contributed by atoms with E-state index in [9.17, 15) is 4.79 Å². The Labute approximate surface area is 173 Å². The number of halogens is 1. The predicted octanol–water partition coefficient (Wildman–Crippen LogP) is 3.44. The smallest absolute Gasteiger partial charge is 0.231 e. The number of ether oxygens (including phenoxy) is 3. The van der Waals surface area contributed by atoms with Crippen LogP contribution in [-0.2, 0) is 9.53 Å². The Hall–Kier alpha value is -2.28. The van der Waals surface area contributed by atoms with Crippen molar-refractivity contribution in [2.75, 3.05) is 39.4 Å². The van der Waals surface area contributed by atoms with E-state index < -0.39 is 12.0 Å². The molecule has 7 heteroatoms. The Balaban J connectivity index is 0.00000392. The van der Waals surface area contributed by atoms with Gasteiger partial charge in [-0.2, -0.15) is 0 Å². The van der Waals surface area contributed by atoms with Crippen LogP contribution < -0.4 is 20.1 Å². The molecule has 0 aromatic heterocycles. The maximum Gasteiger partial charge on any atom is 0.231 e. The maximum atomic E-state index is 13.2. The van der Waals surface area contributed by atoms with Crippen molar-refractivity contribution in [3.8, 4) is 11.5 Å². The second kappa shape index (κ2) is 11.5. The van der Waals surface area contributed by atoms with E-state index in [1.165, 1.54) is 0 Å². The van der Waals surface area contributed by atoms with Gasteiger partial charge in [-0.15, -0.1) is 12.4 Å². The van der Waals surface area contributed by atoms with Crippen molar-refractivity contribution in [2.24, 2.45) is 11.7 Å². The topological polar surface area (TPSA) is 74.0 Å². The lowest BCUT2D eigenvalue weighted by Gasteiger charge is -2.29. The van der Waals surface area contributed by atoms with Crippen LogP contribution >= 0.6 is 12.4 Å². The summed E-state index contributed by atoms with van der Waals surface area (Å²) in [6.07, 6.45) is 0. The first kappa shape index (κ1) is 23.8. The molecule has 0 saturated carbocycles. The Morgan fingerprint density at radius 1 is 1.04 bits per heavy atom. The molecule has 0 aliphatic rings. The van der Waals surface area contributed by atoms with Crippen molar-refractivity contribution in [1.82, 2.24) is 0 Å². The summed E-state index contributed by atoms with van der Waals surface area (Å²) in [6.45, 7) is 2.67. The minimum Gasteiger partial charge on any atom is -0.493 e. The average molecular weight is 409 g/mol. The van der Waals surface area contributed by atoms with Crippen LogP contribution in [-0.4, -0.2) is 40.4 Å². The summed E-state index contributed by atoms with van der Waals surface area (Å²) < 4.78 is 15.8. The van der Waals surface area contributed by atoms with E-state index in [-0.39, 0.29) is 18.3 Å². The van der Waals surface area contributed by atoms with E-state index in [1.807, 2.05) is 43.3 Å². The number of benzene rings is 2. The molecule has 2 aromatic rings. The van der Waals surface area contributed by atoms with Crippen LogP contribution in [0.15, 0.2) is 48.5 Å². The van der Waals surface area contributed by atoms with Gasteiger partial charge in [0.15, 0.2) is 11.5 Å². The fourth-order valence-corrected chi connectivity index (χ4v) is 2.91. The highest BCUT2D eigenvalue weighted by molar-refractivity contribution is 5.95. The zero-order chi connectivity index (χ0) is 19.8. The van der Waals surface area contributed by atoms with E-state index in [2.05, 4.69) is 0 Å². The fourth-order valence-electron chi connectivity index (χ4n) is 2.91. The maximum absolute atomic E-state index is 13.2. The molecule has 6 nitrogen and oxygen atoms in total. The first-order chi connectivity index (χ1) is 13.0. The van der Waals surface area contributed by atoms with E-state index in [0.29, 0.717) is 30.3 Å². The van der Waals surface area contributed by atoms with Gasteiger partial charge in [0.2, 0.25) is 5.91 Å². The molecule has 0 fully saturated rings. The Morgan fingerprint density at radius 3 is 2.25 bits per heavy atom. The summed E-state index contributed by atoms with van der Waals surface area (Å²) in [5.74, 6) is 0.688. The third kappa shape index (κ3) is 5.61. The number of amides is 1. The molecular formula is C21H29ClN2O4. The highest BCUT2D eigenvalue weighted by Crippen LogP contribution is 2.33. The van der Waals surface area contributed by atoms with Gasteiger partial charge in [0.05, 0.1) is 26.7 Å². The van der Waals surface area contributed by atoms with Crippen molar-refractivity contribution >= 4 is 24.0 Å². The lowest BCUT2D eigenvalue weighted by atomic mass is 9.94. The van der Waals surface area contributed by atoms with Gasteiger partial charge in [-0.05, 0) is 17.7 Å². The van der Waals surface area contributed by atoms with Gasteiger partial charge in [-0.25, -0.2) is 0 Å². The first-order valence-electron chi connectivity index (χ1n) is 8.86. The van der Waals surface area contributed by atoms with E-state index >= 15 is 0 Å². The van der Waals surface area contributed by atoms with Gasteiger partial charge in [0.1, 0.15) is 0 Å². The molecule has 0 radical (unpaired) electrons. The largest absolute Gasteiger partial charge is 0.493 e. The molecule has 0 bridgehead atoms. The Kier molecular flexibility index (Phi) is 9.79. The minimum atomic E-state index is -0.405. The normalized spacial score (nSPS) is 12.5. The summed E-state index contributed by atoms with van der Waals surface area (Å²) in [5.41, 5.74) is 8.00. The lowest BCUT2D eigenvalue weighted by Crippen LogP contribution is -2.41. The molecule has 2 N–H and O–H groups in total. The van der Waals surface area contributed by atoms with Crippen molar-refractivity contribution in [1.29, 1.82) is 0 Å². The molecule has 0 aliphatic heterocycles. The Bertz CT molecular complexity index is 742. The summed E-state index contributed by atoms with van der Waals surface area (Å²) in [6, 6.07) is 14.6. The van der Waals surface area contributed by atoms with Crippen molar-refractivity contribution in [2.45, 2.75) is 13.0 Å². The molecule has 2 rings (SSSR count). The van der Waals surface area contributed by atoms with Crippen molar-refractivity contribution in [3.05, 3.63) is 54.1 Å². The van der Waals surface area contributed by atoms with Crippen molar-refractivity contribution in [3.63, 3.8) is 0 Å². The average Bonchev–Trinajstić information content (AvgIpc) is 2.73. The number of anilines is 1. The number of hydrogen-bond acceptors (Lipinski definition) is 5. The van der Waals surface area contributed by atoms with Gasteiger partial charge in [0.25, 0.3) is 0 Å². The summed E-state index contributed by atoms with van der Waals surface area (Å²) in [7, 11) is 4.75. The van der Waals surface area contributed by atoms with Crippen LogP contribution in [0.4, 0.5) is 5.69 Å². The van der Waals surface area contributed by atoms with Gasteiger partial charge >= 0.3 is 0 Å². The SMILES string of the molecule is COCCN(C(=O)C(C)C(N)c1ccccc1)c1ccc(OC)c(OC)c1.Cl.